The van der Waals surface area contributed by atoms with Gasteiger partial charge in [0.2, 0.25) is 0 Å². The molecule has 0 saturated carbocycles. The van der Waals surface area contributed by atoms with Crippen LogP contribution in [0.15, 0.2) is 60.7 Å². The normalized spacial score (nSPS) is 15.4. The Morgan fingerprint density at radius 2 is 1.72 bits per heavy atom. The number of morpholine rings is 1. The van der Waals surface area contributed by atoms with Crippen molar-refractivity contribution in [1.29, 1.82) is 0 Å². The van der Waals surface area contributed by atoms with Crippen LogP contribution in [-0.2, 0) is 4.74 Å². The van der Waals surface area contributed by atoms with E-state index in [-0.39, 0.29) is 0 Å². The molecule has 2 aromatic carbocycles. The molecule has 1 fully saturated rings. The Bertz CT molecular complexity index is 889. The molecule has 0 bridgehead atoms. The molecule has 0 spiro atoms. The van der Waals surface area contributed by atoms with E-state index in [0.717, 1.165) is 65.4 Å². The van der Waals surface area contributed by atoms with Gasteiger partial charge in [-0.15, -0.1) is 0 Å². The Balaban J connectivity index is 1.74. The summed E-state index contributed by atoms with van der Waals surface area (Å²) in [6, 6.07) is 20.7. The fourth-order valence-corrected chi connectivity index (χ4v) is 3.56. The molecule has 0 N–H and O–H groups in total. The molecule has 4 rings (SSSR count). The van der Waals surface area contributed by atoms with Crippen LogP contribution in [-0.4, -0.2) is 47.6 Å². The third-order valence-electron chi connectivity index (χ3n) is 4.56. The molecule has 3 nitrogen and oxygen atoms in total. The SMILES string of the molecule is S=C(CN1CCOCC1)c1cc(-c2ccccc2)nc2ccccc12. The van der Waals surface area contributed by atoms with Crippen LogP contribution in [0.1, 0.15) is 5.56 Å². The zero-order valence-electron chi connectivity index (χ0n) is 14.0. The fraction of sp³-hybridized carbons (Fsp3) is 0.238. The summed E-state index contributed by atoms with van der Waals surface area (Å²) in [5, 5.41) is 1.13. The van der Waals surface area contributed by atoms with Gasteiger partial charge in [-0.25, -0.2) is 4.98 Å². The monoisotopic (exact) mass is 348 g/mol. The summed E-state index contributed by atoms with van der Waals surface area (Å²) in [6.45, 7) is 4.24. The van der Waals surface area contributed by atoms with E-state index in [2.05, 4.69) is 35.2 Å². The zero-order valence-corrected chi connectivity index (χ0v) is 14.8. The van der Waals surface area contributed by atoms with Crippen molar-refractivity contribution < 1.29 is 4.74 Å². The van der Waals surface area contributed by atoms with Gasteiger partial charge >= 0.3 is 0 Å². The molecule has 0 aliphatic carbocycles. The van der Waals surface area contributed by atoms with Gasteiger partial charge in [-0.1, -0.05) is 60.7 Å². The van der Waals surface area contributed by atoms with Crippen molar-refractivity contribution in [3.63, 3.8) is 0 Å². The summed E-state index contributed by atoms with van der Waals surface area (Å²) < 4.78 is 5.44. The van der Waals surface area contributed by atoms with Crippen molar-refractivity contribution in [2.45, 2.75) is 0 Å². The number of fused-ring (bicyclic) bond motifs is 1. The summed E-state index contributed by atoms with van der Waals surface area (Å²) in [6.07, 6.45) is 0. The first kappa shape index (κ1) is 16.3. The lowest BCUT2D eigenvalue weighted by atomic mass is 10.0. The average molecular weight is 348 g/mol. The number of rotatable bonds is 4. The standard InChI is InChI=1S/C21H20N2OS/c25-21(15-23-10-12-24-13-11-23)18-14-20(16-6-2-1-3-7-16)22-19-9-5-4-8-17(18)19/h1-9,14H,10-13,15H2. The van der Waals surface area contributed by atoms with Crippen LogP contribution in [0.2, 0.25) is 0 Å². The van der Waals surface area contributed by atoms with E-state index >= 15 is 0 Å². The molecule has 1 aliphatic rings. The highest BCUT2D eigenvalue weighted by Crippen LogP contribution is 2.25. The molecule has 4 heteroatoms. The first-order chi connectivity index (χ1) is 12.3. The van der Waals surface area contributed by atoms with Crippen LogP contribution >= 0.6 is 12.2 Å². The number of benzene rings is 2. The van der Waals surface area contributed by atoms with Gasteiger partial charge in [0.1, 0.15) is 0 Å². The number of para-hydroxylation sites is 1. The predicted octanol–water partition coefficient (Wildman–Crippen LogP) is 3.95. The number of pyridine rings is 1. The summed E-state index contributed by atoms with van der Waals surface area (Å²) in [5.74, 6) is 0. The molecular formula is C21H20N2OS. The van der Waals surface area contributed by atoms with Gasteiger partial charge in [0.05, 0.1) is 24.4 Å². The van der Waals surface area contributed by atoms with Crippen molar-refractivity contribution in [3.05, 3.63) is 66.2 Å². The van der Waals surface area contributed by atoms with E-state index in [0.29, 0.717) is 0 Å². The highest BCUT2D eigenvalue weighted by molar-refractivity contribution is 7.81. The largest absolute Gasteiger partial charge is 0.379 e. The van der Waals surface area contributed by atoms with Crippen LogP contribution in [0.25, 0.3) is 22.2 Å². The molecule has 1 saturated heterocycles. The molecule has 0 amide bonds. The van der Waals surface area contributed by atoms with E-state index in [1.165, 1.54) is 0 Å². The molecule has 3 aromatic rings. The molecular weight excluding hydrogens is 328 g/mol. The van der Waals surface area contributed by atoms with Crippen molar-refractivity contribution in [1.82, 2.24) is 9.88 Å². The van der Waals surface area contributed by atoms with Crippen molar-refractivity contribution in [2.75, 3.05) is 32.8 Å². The predicted molar refractivity (Wildman–Crippen MR) is 106 cm³/mol. The average Bonchev–Trinajstić information content (AvgIpc) is 2.68. The first-order valence-electron chi connectivity index (χ1n) is 8.60. The minimum Gasteiger partial charge on any atom is -0.379 e. The van der Waals surface area contributed by atoms with E-state index < -0.39 is 0 Å². The van der Waals surface area contributed by atoms with Gasteiger partial charge in [-0.3, -0.25) is 4.90 Å². The Hall–Kier alpha value is -2.14. The Morgan fingerprint density at radius 1 is 1.00 bits per heavy atom. The number of thiocarbonyl (C=S) groups is 1. The molecule has 0 radical (unpaired) electrons. The quantitative estimate of drug-likeness (QED) is 0.526. The van der Waals surface area contributed by atoms with Gasteiger partial charge in [0.15, 0.2) is 0 Å². The molecule has 0 unspecified atom stereocenters. The maximum Gasteiger partial charge on any atom is 0.0716 e. The second-order valence-electron chi connectivity index (χ2n) is 6.25. The molecule has 25 heavy (non-hydrogen) atoms. The number of ether oxygens (including phenoxy) is 1. The molecule has 2 heterocycles. The van der Waals surface area contributed by atoms with Gasteiger partial charge in [0, 0.05) is 41.0 Å². The Labute approximate surface area is 153 Å². The maximum atomic E-state index is 5.83. The number of nitrogens with zero attached hydrogens (tertiary/aromatic N) is 2. The van der Waals surface area contributed by atoms with Crippen LogP contribution in [0.5, 0.6) is 0 Å². The lowest BCUT2D eigenvalue weighted by molar-refractivity contribution is 0.0455. The Kier molecular flexibility index (Phi) is 4.83. The minimum atomic E-state index is 0.787. The summed E-state index contributed by atoms with van der Waals surface area (Å²) in [7, 11) is 0. The lowest BCUT2D eigenvalue weighted by Crippen LogP contribution is -2.39. The van der Waals surface area contributed by atoms with Gasteiger partial charge in [-0.2, -0.15) is 0 Å². The van der Waals surface area contributed by atoms with Crippen LogP contribution in [0.4, 0.5) is 0 Å². The van der Waals surface area contributed by atoms with Crippen molar-refractivity contribution in [3.8, 4) is 11.3 Å². The third-order valence-corrected chi connectivity index (χ3v) is 4.91. The highest BCUT2D eigenvalue weighted by Gasteiger charge is 2.16. The molecule has 1 aromatic heterocycles. The van der Waals surface area contributed by atoms with Gasteiger partial charge in [-0.05, 0) is 12.1 Å². The molecule has 126 valence electrons. The smallest absolute Gasteiger partial charge is 0.0716 e. The van der Waals surface area contributed by atoms with Gasteiger partial charge < -0.3 is 4.74 Å². The summed E-state index contributed by atoms with van der Waals surface area (Å²) in [5.41, 5.74) is 4.19. The molecule has 1 aliphatic heterocycles. The summed E-state index contributed by atoms with van der Waals surface area (Å²) in [4.78, 5) is 8.18. The van der Waals surface area contributed by atoms with E-state index in [1.54, 1.807) is 0 Å². The number of hydrogen-bond donors (Lipinski definition) is 0. The third kappa shape index (κ3) is 3.61. The number of aromatic nitrogens is 1. The molecule has 0 atom stereocenters. The lowest BCUT2D eigenvalue weighted by Gasteiger charge is -2.27. The van der Waals surface area contributed by atoms with Crippen molar-refractivity contribution in [2.24, 2.45) is 0 Å². The topological polar surface area (TPSA) is 25.4 Å². The zero-order chi connectivity index (χ0) is 17.1. The summed E-state index contributed by atoms with van der Waals surface area (Å²) >= 11 is 5.83. The maximum absolute atomic E-state index is 5.83. The second kappa shape index (κ2) is 7.40. The van der Waals surface area contributed by atoms with E-state index in [4.69, 9.17) is 21.9 Å². The van der Waals surface area contributed by atoms with Crippen LogP contribution in [0.3, 0.4) is 0 Å². The van der Waals surface area contributed by atoms with E-state index in [9.17, 15) is 0 Å². The van der Waals surface area contributed by atoms with Crippen LogP contribution < -0.4 is 0 Å². The fourth-order valence-electron chi connectivity index (χ4n) is 3.21. The second-order valence-corrected chi connectivity index (χ2v) is 6.74. The van der Waals surface area contributed by atoms with Crippen LogP contribution in [0, 0.1) is 0 Å². The first-order valence-corrected chi connectivity index (χ1v) is 9.00. The van der Waals surface area contributed by atoms with E-state index in [1.807, 2.05) is 30.3 Å². The highest BCUT2D eigenvalue weighted by atomic mass is 32.1. The number of hydrogen-bond acceptors (Lipinski definition) is 4. The Morgan fingerprint density at radius 3 is 2.52 bits per heavy atom. The van der Waals surface area contributed by atoms with Gasteiger partial charge in [0.25, 0.3) is 0 Å². The van der Waals surface area contributed by atoms with Crippen molar-refractivity contribution >= 4 is 28.0 Å². The minimum absolute atomic E-state index is 0.787.